The van der Waals surface area contributed by atoms with Crippen LogP contribution in [0, 0.1) is 6.92 Å². The Morgan fingerprint density at radius 3 is 1.67 bits per heavy atom. The minimum atomic E-state index is -0.0833. The van der Waals surface area contributed by atoms with Gasteiger partial charge in [-0.3, -0.25) is 0 Å². The van der Waals surface area contributed by atoms with Gasteiger partial charge in [0.1, 0.15) is 0 Å². The van der Waals surface area contributed by atoms with Crippen LogP contribution in [0.15, 0.2) is 0 Å². The third-order valence-electron chi connectivity index (χ3n) is 0. The molecule has 0 rings (SSSR count). The summed E-state index contributed by atoms with van der Waals surface area (Å²) in [5, 5.41) is 0. The molecule has 34 valence electrons. The van der Waals surface area contributed by atoms with E-state index in [4.69, 9.17) is 0 Å². The molecular weight excluding hydrogens is 155 g/mol. The molecule has 0 saturated carbocycles. The molecule has 2 nitrogen and oxygen atoms in total. The fourth-order valence-corrected chi connectivity index (χ4v) is 0. The van der Waals surface area contributed by atoms with Crippen LogP contribution in [0.4, 0.5) is 0 Å². The minimum absolute atomic E-state index is 0. The van der Waals surface area contributed by atoms with E-state index in [1.54, 1.807) is 0 Å². The Morgan fingerprint density at radius 2 is 1.67 bits per heavy atom. The zero-order valence-electron chi connectivity index (χ0n) is 3.69. The van der Waals surface area contributed by atoms with E-state index < -0.39 is 0 Å². The van der Waals surface area contributed by atoms with Crippen LogP contribution in [0.5, 0.6) is 0 Å². The topological polar surface area (TPSA) is 49.1 Å². The zero-order valence-corrected chi connectivity index (χ0v) is 6.53. The second kappa shape index (κ2) is 9.15. The van der Waals surface area contributed by atoms with Crippen molar-refractivity contribution in [2.75, 3.05) is 0 Å². The van der Waals surface area contributed by atoms with E-state index in [1.807, 2.05) is 0 Å². The van der Waals surface area contributed by atoms with Crippen LogP contribution in [-0.2, 0) is 37.5 Å². The smallest absolute Gasteiger partial charge is 0 e. The van der Waals surface area contributed by atoms with Gasteiger partial charge in [-0.2, -0.15) is 0 Å². The summed E-state index contributed by atoms with van der Waals surface area (Å²) in [7, 11) is 0. The van der Waals surface area contributed by atoms with Crippen molar-refractivity contribution < 1.29 is 37.5 Å². The molecule has 0 aromatic carbocycles. The fraction of sp³-hybridized carbons (Fsp3) is 0.333. The summed E-state index contributed by atoms with van der Waals surface area (Å²) >= 11 is 0. The molecule has 6 heavy (non-hydrogen) atoms. The number of rotatable bonds is 0. The predicted molar refractivity (Wildman–Crippen MR) is 20.4 cm³/mol. The van der Waals surface area contributed by atoms with Gasteiger partial charge in [-0.1, -0.05) is 0 Å². The average molecular weight is 161 g/mol. The van der Waals surface area contributed by atoms with E-state index in [1.165, 1.54) is 6.92 Å². The van der Waals surface area contributed by atoms with Crippen molar-refractivity contribution in [2.45, 2.75) is 6.92 Å². The quantitative estimate of drug-likeness (QED) is 0.487. The Kier molecular flexibility index (Phi) is 24.3. The average Bonchev–Trinajstić information content (AvgIpc) is 0.811. The van der Waals surface area contributed by atoms with E-state index in [0.29, 0.717) is 0 Å². The number of ketones is 1. The Hall–Kier alpha value is 0.604. The predicted octanol–water partition coefficient (Wildman–Crippen LogP) is 0.910. The normalized spacial score (nSPS) is 4.17. The summed E-state index contributed by atoms with van der Waals surface area (Å²) in [6, 6.07) is 0. The molecule has 0 aliphatic heterocycles. The van der Waals surface area contributed by atoms with Gasteiger partial charge in [0, 0.05) is 32.7 Å². The van der Waals surface area contributed by atoms with E-state index in [0.717, 1.165) is 0 Å². The van der Waals surface area contributed by atoms with Crippen LogP contribution in [0.1, 0.15) is 6.92 Å². The second-order valence-corrected chi connectivity index (χ2v) is 0.702. The molecule has 0 spiro atoms. The van der Waals surface area contributed by atoms with Crippen molar-refractivity contribution in [1.29, 1.82) is 0 Å². The van der Waals surface area contributed by atoms with E-state index in [9.17, 15) is 4.79 Å². The maximum Gasteiger partial charge on any atom is 0 e. The number of nitrogens with one attached hydrogen (secondary N) is 1. The Labute approximate surface area is 63.2 Å². The van der Waals surface area contributed by atoms with Gasteiger partial charge in [-0.25, -0.2) is 0 Å². The molecule has 0 saturated heterocycles. The second-order valence-electron chi connectivity index (χ2n) is 0.702. The van der Waals surface area contributed by atoms with Gasteiger partial charge in [0.05, 0.1) is 0 Å². The first-order valence-electron chi connectivity index (χ1n) is 1.06. The zero-order chi connectivity index (χ0) is 3.58. The number of hydrogen-bond acceptors (Lipinski definition) is 1. The van der Waals surface area contributed by atoms with Gasteiger partial charge < -0.3 is 17.9 Å². The molecule has 0 fully saturated rings. The van der Waals surface area contributed by atoms with Gasteiger partial charge in [0.15, 0.2) is 0 Å². The first-order chi connectivity index (χ1) is 1.73. The fourth-order valence-electron chi connectivity index (χ4n) is 0. The molecule has 0 amide bonds. The van der Waals surface area contributed by atoms with E-state index >= 15 is 0 Å². The van der Waals surface area contributed by atoms with Crippen LogP contribution in [0.3, 0.4) is 0 Å². The summed E-state index contributed by atoms with van der Waals surface area (Å²) < 4.78 is 0. The summed E-state index contributed by atoms with van der Waals surface area (Å²) in [5.41, 5.74) is 0. The van der Waals surface area contributed by atoms with Crippen molar-refractivity contribution in [3.8, 4) is 0 Å². The maximum atomic E-state index is 9.33. The first kappa shape index (κ1) is 16.0. The molecule has 1 N–H and O–H groups in total. The van der Waals surface area contributed by atoms with Gasteiger partial charge in [-0.05, 0) is 12.7 Å². The summed E-state index contributed by atoms with van der Waals surface area (Å²) in [4.78, 5) is 9.33. The Balaban J connectivity index is -0.0000000450. The standard InChI is InChI=1S/C3H5O.HN.Y/c1-3(2)4;;/h1H2,2H3;1H;/q2*-1;. The van der Waals surface area contributed by atoms with Crippen LogP contribution < -0.4 is 0 Å². The number of carbonyl (C=O) groups excluding carboxylic acids is 1. The van der Waals surface area contributed by atoms with Gasteiger partial charge >= 0.3 is 0 Å². The van der Waals surface area contributed by atoms with Gasteiger partial charge in [0.25, 0.3) is 0 Å². The summed E-state index contributed by atoms with van der Waals surface area (Å²) in [5.74, 6) is -0.0833. The van der Waals surface area contributed by atoms with Gasteiger partial charge in [0.2, 0.25) is 0 Å². The van der Waals surface area contributed by atoms with Crippen molar-refractivity contribution in [1.82, 2.24) is 0 Å². The third kappa shape index (κ3) is 164. The molecule has 3 heteroatoms. The summed E-state index contributed by atoms with van der Waals surface area (Å²) in [6.07, 6.45) is 0. The molecule has 0 unspecified atom stereocenters. The summed E-state index contributed by atoms with van der Waals surface area (Å²) in [6.45, 7) is 4.42. The van der Waals surface area contributed by atoms with Crippen molar-refractivity contribution in [2.24, 2.45) is 0 Å². The van der Waals surface area contributed by atoms with Gasteiger partial charge in [-0.15, -0.1) is 0 Å². The van der Waals surface area contributed by atoms with Crippen LogP contribution in [0.2, 0.25) is 0 Å². The molecule has 0 aliphatic carbocycles. The molecule has 0 aromatic rings. The van der Waals surface area contributed by atoms with E-state index in [-0.39, 0.29) is 44.6 Å². The molecule has 0 bridgehead atoms. The number of hydrogen-bond donors (Lipinski definition) is 0. The Morgan fingerprint density at radius 1 is 1.67 bits per heavy atom. The van der Waals surface area contributed by atoms with Crippen LogP contribution >= 0.6 is 0 Å². The van der Waals surface area contributed by atoms with Crippen LogP contribution in [-0.4, -0.2) is 5.78 Å². The maximum absolute atomic E-state index is 9.33. The minimum Gasteiger partial charge on any atom is -0.826 e. The number of Topliss-reactive ketones (excluding diaryl/α,β-unsaturated/α-hetero) is 1. The molecule has 0 heterocycles. The first-order valence-corrected chi connectivity index (χ1v) is 1.06. The monoisotopic (exact) mass is 161 g/mol. The molecule has 0 aromatic heterocycles. The van der Waals surface area contributed by atoms with Crippen molar-refractivity contribution in [3.63, 3.8) is 0 Å². The van der Waals surface area contributed by atoms with E-state index in [2.05, 4.69) is 6.92 Å². The molecule has 0 aliphatic rings. The van der Waals surface area contributed by atoms with Crippen molar-refractivity contribution in [3.05, 3.63) is 13.1 Å². The SMILES string of the molecule is [CH2-]C(C)=O.[NH-].[Y]. The molecule has 0 atom stereocenters. The molecular formula is C3H6NOY-2. The third-order valence-corrected chi connectivity index (χ3v) is 0. The molecule has 2 radical (unpaired) electrons. The number of carbonyl (C=O) groups is 1. The largest absolute Gasteiger partial charge is 0.826 e. The van der Waals surface area contributed by atoms with Crippen LogP contribution in [0.25, 0.3) is 6.15 Å². The van der Waals surface area contributed by atoms with Crippen molar-refractivity contribution >= 4 is 5.78 Å². The Bertz CT molecular complexity index is 33.8.